The lowest BCUT2D eigenvalue weighted by Crippen LogP contribution is -2.03. The van der Waals surface area contributed by atoms with Crippen LogP contribution < -0.4 is 0 Å². The molecule has 0 amide bonds. The molecule has 112 valence electrons. The summed E-state index contributed by atoms with van der Waals surface area (Å²) in [7, 11) is 0. The van der Waals surface area contributed by atoms with E-state index >= 15 is 0 Å². The van der Waals surface area contributed by atoms with Crippen molar-refractivity contribution in [1.29, 1.82) is 5.26 Å². The van der Waals surface area contributed by atoms with E-state index < -0.39 is 10.7 Å². The van der Waals surface area contributed by atoms with E-state index in [1.54, 1.807) is 18.2 Å². The first-order chi connectivity index (χ1) is 11.1. The molecular formula is C16H9FN4O2. The lowest BCUT2D eigenvalue weighted by molar-refractivity contribution is -0.384. The molecule has 0 aliphatic rings. The van der Waals surface area contributed by atoms with E-state index in [1.165, 1.54) is 41.1 Å². The lowest BCUT2D eigenvalue weighted by atomic mass is 10.1. The van der Waals surface area contributed by atoms with E-state index in [0.29, 0.717) is 11.3 Å². The first kappa shape index (κ1) is 14.4. The van der Waals surface area contributed by atoms with Crippen molar-refractivity contribution in [2.75, 3.05) is 0 Å². The molecule has 0 fully saturated rings. The average molecular weight is 308 g/mol. The van der Waals surface area contributed by atoms with Crippen molar-refractivity contribution in [3.8, 4) is 23.0 Å². The molecule has 3 rings (SSSR count). The molecule has 1 aromatic heterocycles. The Morgan fingerprint density at radius 1 is 1.17 bits per heavy atom. The standard InChI is InChI=1S/C16H9FN4O2/c17-12-7-5-11(6-8-12)16-9-13(10-18)19-20(16)14-3-1-2-4-15(14)21(22)23/h1-9H. The maximum Gasteiger partial charge on any atom is 0.294 e. The monoisotopic (exact) mass is 308 g/mol. The molecule has 0 bridgehead atoms. The molecule has 3 aromatic rings. The minimum absolute atomic E-state index is 0.113. The topological polar surface area (TPSA) is 84.8 Å². The summed E-state index contributed by atoms with van der Waals surface area (Å²) in [4.78, 5) is 10.7. The Morgan fingerprint density at radius 2 is 1.87 bits per heavy atom. The largest absolute Gasteiger partial charge is 0.294 e. The quantitative estimate of drug-likeness (QED) is 0.548. The van der Waals surface area contributed by atoms with Crippen molar-refractivity contribution in [3.63, 3.8) is 0 Å². The molecule has 0 spiro atoms. The van der Waals surface area contributed by atoms with Crippen molar-refractivity contribution in [2.24, 2.45) is 0 Å². The molecule has 0 saturated heterocycles. The van der Waals surface area contributed by atoms with Gasteiger partial charge in [-0.3, -0.25) is 10.1 Å². The van der Waals surface area contributed by atoms with Gasteiger partial charge < -0.3 is 0 Å². The SMILES string of the molecule is N#Cc1cc(-c2ccc(F)cc2)n(-c2ccccc2[N+](=O)[O-])n1. The van der Waals surface area contributed by atoms with Gasteiger partial charge in [0.25, 0.3) is 5.69 Å². The minimum atomic E-state index is -0.516. The van der Waals surface area contributed by atoms with Gasteiger partial charge in [0.05, 0.1) is 10.6 Å². The third-order valence-electron chi connectivity index (χ3n) is 3.27. The van der Waals surface area contributed by atoms with Crippen LogP contribution in [0.25, 0.3) is 16.9 Å². The van der Waals surface area contributed by atoms with Gasteiger partial charge in [0.15, 0.2) is 5.69 Å². The molecule has 0 N–H and O–H groups in total. The molecule has 0 saturated carbocycles. The van der Waals surface area contributed by atoms with E-state index in [-0.39, 0.29) is 17.1 Å². The number of nitrogens with zero attached hydrogens (tertiary/aromatic N) is 4. The van der Waals surface area contributed by atoms with Crippen LogP contribution in [0.1, 0.15) is 5.69 Å². The van der Waals surface area contributed by atoms with Crippen molar-refractivity contribution < 1.29 is 9.31 Å². The van der Waals surface area contributed by atoms with Crippen molar-refractivity contribution in [2.45, 2.75) is 0 Å². The molecule has 2 aromatic carbocycles. The molecule has 0 aliphatic carbocycles. The molecule has 7 heteroatoms. The van der Waals surface area contributed by atoms with Crippen LogP contribution in [0.4, 0.5) is 10.1 Å². The van der Waals surface area contributed by atoms with Crippen LogP contribution in [-0.2, 0) is 0 Å². The van der Waals surface area contributed by atoms with Crippen LogP contribution in [0.5, 0.6) is 0 Å². The van der Waals surface area contributed by atoms with Gasteiger partial charge in [-0.05, 0) is 30.3 Å². The number of nitro groups is 1. The van der Waals surface area contributed by atoms with E-state index in [0.717, 1.165) is 0 Å². The fraction of sp³-hybridized carbons (Fsp3) is 0. The number of rotatable bonds is 3. The lowest BCUT2D eigenvalue weighted by Gasteiger charge is -2.08. The fourth-order valence-corrected chi connectivity index (χ4v) is 2.24. The fourth-order valence-electron chi connectivity index (χ4n) is 2.24. The first-order valence-electron chi connectivity index (χ1n) is 6.60. The second kappa shape index (κ2) is 5.69. The molecule has 0 aliphatic heterocycles. The zero-order valence-corrected chi connectivity index (χ0v) is 11.7. The molecule has 0 radical (unpaired) electrons. The average Bonchev–Trinajstić information content (AvgIpc) is 2.99. The highest BCUT2D eigenvalue weighted by Crippen LogP contribution is 2.29. The number of aromatic nitrogens is 2. The predicted molar refractivity (Wildman–Crippen MR) is 80.3 cm³/mol. The summed E-state index contributed by atoms with van der Waals surface area (Å²) < 4.78 is 14.4. The van der Waals surface area contributed by atoms with Crippen molar-refractivity contribution in [1.82, 2.24) is 9.78 Å². The van der Waals surface area contributed by atoms with Gasteiger partial charge >= 0.3 is 0 Å². The maximum absolute atomic E-state index is 13.1. The van der Waals surface area contributed by atoms with Crippen LogP contribution in [0.2, 0.25) is 0 Å². The number of benzene rings is 2. The van der Waals surface area contributed by atoms with Gasteiger partial charge in [0.2, 0.25) is 0 Å². The Labute approximate surface area is 130 Å². The van der Waals surface area contributed by atoms with Gasteiger partial charge in [0, 0.05) is 17.7 Å². The highest BCUT2D eigenvalue weighted by molar-refractivity contribution is 5.66. The number of para-hydroxylation sites is 2. The van der Waals surface area contributed by atoms with Gasteiger partial charge in [-0.15, -0.1) is 0 Å². The Bertz CT molecular complexity index is 926. The molecule has 0 atom stereocenters. The van der Waals surface area contributed by atoms with Crippen LogP contribution in [-0.4, -0.2) is 14.7 Å². The smallest absolute Gasteiger partial charge is 0.258 e. The predicted octanol–water partition coefficient (Wildman–Crippen LogP) is 3.46. The van der Waals surface area contributed by atoms with E-state index in [9.17, 15) is 14.5 Å². The number of nitriles is 1. The summed E-state index contributed by atoms with van der Waals surface area (Å²) in [6.45, 7) is 0. The van der Waals surface area contributed by atoms with Crippen LogP contribution in [0.3, 0.4) is 0 Å². The summed E-state index contributed by atoms with van der Waals surface area (Å²) in [6, 6.07) is 15.1. The molecule has 1 heterocycles. The summed E-state index contributed by atoms with van der Waals surface area (Å²) in [5.74, 6) is -0.397. The Hall–Kier alpha value is -3.53. The minimum Gasteiger partial charge on any atom is -0.258 e. The Balaban J connectivity index is 2.25. The Kier molecular flexibility index (Phi) is 3.57. The zero-order chi connectivity index (χ0) is 16.4. The number of nitro benzene ring substituents is 1. The zero-order valence-electron chi connectivity index (χ0n) is 11.7. The van der Waals surface area contributed by atoms with E-state index in [2.05, 4.69) is 5.10 Å². The molecule has 6 nitrogen and oxygen atoms in total. The van der Waals surface area contributed by atoms with Gasteiger partial charge in [-0.1, -0.05) is 12.1 Å². The van der Waals surface area contributed by atoms with Gasteiger partial charge in [-0.25, -0.2) is 9.07 Å². The molecular weight excluding hydrogens is 299 g/mol. The van der Waals surface area contributed by atoms with E-state index in [1.807, 2.05) is 6.07 Å². The maximum atomic E-state index is 13.1. The third-order valence-corrected chi connectivity index (χ3v) is 3.27. The summed E-state index contributed by atoms with van der Waals surface area (Å²) >= 11 is 0. The summed E-state index contributed by atoms with van der Waals surface area (Å²) in [5, 5.41) is 24.4. The summed E-state index contributed by atoms with van der Waals surface area (Å²) in [5.41, 5.74) is 1.28. The van der Waals surface area contributed by atoms with Crippen LogP contribution in [0, 0.1) is 27.3 Å². The number of hydrogen-bond donors (Lipinski definition) is 0. The van der Waals surface area contributed by atoms with Gasteiger partial charge in [0.1, 0.15) is 17.6 Å². The Morgan fingerprint density at radius 3 is 2.52 bits per heavy atom. The highest BCUT2D eigenvalue weighted by Gasteiger charge is 2.19. The number of hydrogen-bond acceptors (Lipinski definition) is 4. The van der Waals surface area contributed by atoms with Gasteiger partial charge in [-0.2, -0.15) is 10.4 Å². The van der Waals surface area contributed by atoms with E-state index in [4.69, 9.17) is 5.26 Å². The molecule has 0 unspecified atom stereocenters. The highest BCUT2D eigenvalue weighted by atomic mass is 19.1. The first-order valence-corrected chi connectivity index (χ1v) is 6.60. The van der Waals surface area contributed by atoms with Crippen LogP contribution in [0.15, 0.2) is 54.6 Å². The third kappa shape index (κ3) is 2.65. The molecule has 23 heavy (non-hydrogen) atoms. The second-order valence-corrected chi connectivity index (χ2v) is 4.69. The number of halogens is 1. The second-order valence-electron chi connectivity index (χ2n) is 4.69. The normalized spacial score (nSPS) is 10.3. The van der Waals surface area contributed by atoms with Crippen molar-refractivity contribution >= 4 is 5.69 Å². The van der Waals surface area contributed by atoms with Crippen molar-refractivity contribution in [3.05, 3.63) is 76.2 Å². The van der Waals surface area contributed by atoms with Crippen LogP contribution >= 0.6 is 0 Å². The summed E-state index contributed by atoms with van der Waals surface area (Å²) in [6.07, 6.45) is 0.